The molecule has 0 saturated heterocycles. The maximum atomic E-state index is 13.4. The Hall–Kier alpha value is -4.71. The Morgan fingerprint density at radius 2 is 1.42 bits per heavy atom. The number of aromatic amines is 1. The minimum absolute atomic E-state index is 0.0126. The van der Waals surface area contributed by atoms with Crippen LogP contribution >= 0.6 is 0 Å². The quantitative estimate of drug-likeness (QED) is 0.129. The molecule has 0 radical (unpaired) electrons. The number of para-hydroxylation sites is 1. The van der Waals surface area contributed by atoms with Gasteiger partial charge in [0.15, 0.2) is 0 Å². The van der Waals surface area contributed by atoms with Crippen LogP contribution in [0.1, 0.15) is 44.2 Å². The van der Waals surface area contributed by atoms with Gasteiger partial charge in [-0.25, -0.2) is 4.79 Å². The largest absolute Gasteiger partial charge is 0.480 e. The third-order valence-corrected chi connectivity index (χ3v) is 7.00. The molecular weight excluding hydrogens is 552 g/mol. The van der Waals surface area contributed by atoms with Crippen LogP contribution in [0.5, 0.6) is 0 Å². The van der Waals surface area contributed by atoms with Crippen molar-refractivity contribution in [1.82, 2.24) is 20.9 Å². The smallest absolute Gasteiger partial charge is 0.326 e. The fraction of sp³-hybridized carbons (Fsp3) is 0.387. The Morgan fingerprint density at radius 3 is 2.07 bits per heavy atom. The molecule has 3 rings (SSSR count). The van der Waals surface area contributed by atoms with E-state index in [0.29, 0.717) is 5.56 Å². The van der Waals surface area contributed by atoms with Crippen LogP contribution < -0.4 is 27.4 Å². The van der Waals surface area contributed by atoms with Crippen LogP contribution in [0.4, 0.5) is 0 Å². The molecule has 4 unspecified atom stereocenters. The molecule has 0 spiro atoms. The zero-order valence-electron chi connectivity index (χ0n) is 24.3. The van der Waals surface area contributed by atoms with Crippen molar-refractivity contribution >= 4 is 40.5 Å². The number of primary amides is 1. The molecule has 2 aromatic carbocycles. The average Bonchev–Trinajstić information content (AvgIpc) is 3.37. The lowest BCUT2D eigenvalue weighted by atomic mass is 10.00. The molecule has 12 heteroatoms. The summed E-state index contributed by atoms with van der Waals surface area (Å²) in [7, 11) is 0. The van der Waals surface area contributed by atoms with E-state index in [9.17, 15) is 29.1 Å². The van der Waals surface area contributed by atoms with Crippen molar-refractivity contribution in [3.05, 3.63) is 71.9 Å². The van der Waals surface area contributed by atoms with Crippen LogP contribution in [0, 0.1) is 5.92 Å². The van der Waals surface area contributed by atoms with Gasteiger partial charge >= 0.3 is 5.97 Å². The van der Waals surface area contributed by atoms with Crippen molar-refractivity contribution in [3.63, 3.8) is 0 Å². The second kappa shape index (κ2) is 15.5. The Morgan fingerprint density at radius 1 is 0.814 bits per heavy atom. The fourth-order valence-corrected chi connectivity index (χ4v) is 4.76. The number of hydrogen-bond acceptors (Lipinski definition) is 6. The van der Waals surface area contributed by atoms with Gasteiger partial charge in [-0.15, -0.1) is 0 Å². The number of carbonyl (C=O) groups is 5. The van der Waals surface area contributed by atoms with Crippen molar-refractivity contribution in [2.45, 2.75) is 70.1 Å². The van der Waals surface area contributed by atoms with Crippen molar-refractivity contribution in [3.8, 4) is 0 Å². The molecule has 0 aliphatic carbocycles. The van der Waals surface area contributed by atoms with Gasteiger partial charge in [0.1, 0.15) is 18.1 Å². The molecule has 1 aromatic heterocycles. The lowest BCUT2D eigenvalue weighted by Crippen LogP contribution is -2.57. The van der Waals surface area contributed by atoms with E-state index in [0.717, 1.165) is 16.5 Å². The van der Waals surface area contributed by atoms with Gasteiger partial charge in [-0.3, -0.25) is 19.2 Å². The molecule has 12 nitrogen and oxygen atoms in total. The number of nitrogens with one attached hydrogen (secondary N) is 4. The van der Waals surface area contributed by atoms with Crippen LogP contribution in [0.3, 0.4) is 0 Å². The molecule has 1 heterocycles. The topological polar surface area (TPSA) is 209 Å². The summed E-state index contributed by atoms with van der Waals surface area (Å²) in [5.74, 6) is -3.96. The number of amides is 4. The zero-order chi connectivity index (χ0) is 31.5. The summed E-state index contributed by atoms with van der Waals surface area (Å²) in [4.78, 5) is 66.3. The Labute approximate surface area is 250 Å². The predicted molar refractivity (Wildman–Crippen MR) is 161 cm³/mol. The Balaban J connectivity index is 1.71. The van der Waals surface area contributed by atoms with Crippen LogP contribution in [0.25, 0.3) is 10.9 Å². The summed E-state index contributed by atoms with van der Waals surface area (Å²) < 4.78 is 0. The molecule has 4 amide bonds. The number of aliphatic carboxylic acids is 1. The maximum Gasteiger partial charge on any atom is 0.326 e. The number of carboxylic acids is 1. The number of hydrogen-bond donors (Lipinski definition) is 7. The van der Waals surface area contributed by atoms with E-state index >= 15 is 0 Å². The van der Waals surface area contributed by atoms with E-state index in [1.54, 1.807) is 36.5 Å². The number of rotatable bonds is 16. The average molecular weight is 593 g/mol. The monoisotopic (exact) mass is 592 g/mol. The minimum Gasteiger partial charge on any atom is -0.480 e. The molecule has 0 aliphatic rings. The number of benzene rings is 2. The van der Waals surface area contributed by atoms with Gasteiger partial charge < -0.3 is 37.5 Å². The molecule has 0 bridgehead atoms. The summed E-state index contributed by atoms with van der Waals surface area (Å²) in [6, 6.07) is 11.8. The van der Waals surface area contributed by atoms with Crippen molar-refractivity contribution in [1.29, 1.82) is 0 Å². The SMILES string of the molecule is CC(C)CC(NC(=O)C(N)Cc1c[nH]c2ccccc12)C(=O)NC(CCC(N)=O)C(=O)NC(Cc1ccccc1)C(=O)O. The van der Waals surface area contributed by atoms with Crippen LogP contribution in [0.15, 0.2) is 60.8 Å². The molecule has 230 valence electrons. The van der Waals surface area contributed by atoms with Gasteiger partial charge in [-0.1, -0.05) is 62.4 Å². The number of fused-ring (bicyclic) bond motifs is 1. The highest BCUT2D eigenvalue weighted by atomic mass is 16.4. The van der Waals surface area contributed by atoms with Crippen molar-refractivity contribution in [2.75, 3.05) is 0 Å². The lowest BCUT2D eigenvalue weighted by Gasteiger charge is -2.26. The molecule has 0 saturated carbocycles. The summed E-state index contributed by atoms with van der Waals surface area (Å²) >= 11 is 0. The van der Waals surface area contributed by atoms with Crippen molar-refractivity contribution in [2.24, 2.45) is 17.4 Å². The second-order valence-corrected chi connectivity index (χ2v) is 11.0. The van der Waals surface area contributed by atoms with Gasteiger partial charge in [0.25, 0.3) is 0 Å². The highest BCUT2D eigenvalue weighted by molar-refractivity contribution is 5.94. The van der Waals surface area contributed by atoms with Gasteiger partial charge in [0.2, 0.25) is 23.6 Å². The van der Waals surface area contributed by atoms with E-state index in [2.05, 4.69) is 20.9 Å². The third-order valence-electron chi connectivity index (χ3n) is 7.00. The Bertz CT molecular complexity index is 1420. The first-order valence-corrected chi connectivity index (χ1v) is 14.2. The molecule has 0 fully saturated rings. The van der Waals surface area contributed by atoms with E-state index in [-0.39, 0.29) is 38.0 Å². The molecule has 9 N–H and O–H groups in total. The molecule has 0 aliphatic heterocycles. The number of carbonyl (C=O) groups excluding carboxylic acids is 4. The number of H-pyrrole nitrogens is 1. The molecule has 43 heavy (non-hydrogen) atoms. The van der Waals surface area contributed by atoms with Gasteiger partial charge in [-0.05, 0) is 42.4 Å². The molecule has 4 atom stereocenters. The number of nitrogens with two attached hydrogens (primary N) is 2. The lowest BCUT2D eigenvalue weighted by molar-refractivity contribution is -0.142. The van der Waals surface area contributed by atoms with Crippen LogP contribution in [0.2, 0.25) is 0 Å². The second-order valence-electron chi connectivity index (χ2n) is 11.0. The fourth-order valence-electron chi connectivity index (χ4n) is 4.76. The van der Waals surface area contributed by atoms with E-state index in [1.807, 2.05) is 38.1 Å². The number of carboxylic acid groups (broad SMARTS) is 1. The van der Waals surface area contributed by atoms with E-state index in [4.69, 9.17) is 11.5 Å². The molecule has 3 aromatic rings. The highest BCUT2D eigenvalue weighted by Crippen LogP contribution is 2.19. The highest BCUT2D eigenvalue weighted by Gasteiger charge is 2.31. The zero-order valence-corrected chi connectivity index (χ0v) is 24.3. The molecular formula is C31H40N6O6. The predicted octanol–water partition coefficient (Wildman–Crippen LogP) is 1.13. The third kappa shape index (κ3) is 9.96. The van der Waals surface area contributed by atoms with E-state index < -0.39 is 53.8 Å². The Kier molecular flexibility index (Phi) is 11.8. The van der Waals surface area contributed by atoms with Crippen LogP contribution in [-0.4, -0.2) is 63.9 Å². The summed E-state index contributed by atoms with van der Waals surface area (Å²) in [6.45, 7) is 3.74. The summed E-state index contributed by atoms with van der Waals surface area (Å²) in [6.07, 6.45) is 1.89. The van der Waals surface area contributed by atoms with Gasteiger partial charge in [0.05, 0.1) is 6.04 Å². The normalized spacial score (nSPS) is 14.0. The van der Waals surface area contributed by atoms with E-state index in [1.165, 1.54) is 0 Å². The van der Waals surface area contributed by atoms with Crippen molar-refractivity contribution < 1.29 is 29.1 Å². The van der Waals surface area contributed by atoms with Gasteiger partial charge in [0, 0.05) is 29.9 Å². The van der Waals surface area contributed by atoms with Gasteiger partial charge in [-0.2, -0.15) is 0 Å². The standard InChI is InChI=1S/C31H40N6O6/c1-18(2)14-25(36-28(39)22(32)16-20-17-34-23-11-7-6-10-21(20)23)30(41)35-24(12-13-27(33)38)29(40)37-26(31(42)43)15-19-8-4-3-5-9-19/h3-11,17-18,22,24-26,34H,12-16,32H2,1-2H3,(H2,33,38)(H,35,41)(H,36,39)(H,37,40)(H,42,43). The first kappa shape index (κ1) is 32.8. The first-order valence-electron chi connectivity index (χ1n) is 14.2. The summed E-state index contributed by atoms with van der Waals surface area (Å²) in [5, 5.41) is 18.4. The first-order chi connectivity index (χ1) is 20.4. The number of aromatic nitrogens is 1. The summed E-state index contributed by atoms with van der Waals surface area (Å²) in [5.41, 5.74) is 14.0. The van der Waals surface area contributed by atoms with Crippen LogP contribution in [-0.2, 0) is 36.8 Å². The maximum absolute atomic E-state index is 13.4. The minimum atomic E-state index is -1.28.